The Balaban J connectivity index is 1.61. The molecule has 1 amide bonds. The lowest BCUT2D eigenvalue weighted by Gasteiger charge is -2.33. The molecule has 1 fully saturated rings. The number of rotatable bonds is 4. The topological polar surface area (TPSA) is 76.8 Å². The van der Waals surface area contributed by atoms with Crippen molar-refractivity contribution in [2.45, 2.75) is 19.0 Å². The van der Waals surface area contributed by atoms with Crippen molar-refractivity contribution in [1.29, 1.82) is 0 Å². The average molecular weight is 277 g/mol. The maximum atomic E-state index is 11.0. The van der Waals surface area contributed by atoms with Gasteiger partial charge in [-0.3, -0.25) is 9.69 Å². The second-order valence-electron chi connectivity index (χ2n) is 5.24. The molecule has 0 saturated carbocycles. The Hall–Kier alpha value is -1.79. The lowest BCUT2D eigenvalue weighted by molar-refractivity contribution is -0.118. The molecule has 2 aliphatic rings. The monoisotopic (exact) mass is 277 g/mol. The number of carbonyl (C=O) groups is 1. The van der Waals surface area contributed by atoms with Gasteiger partial charge < -0.3 is 20.5 Å². The minimum Gasteiger partial charge on any atom is -0.454 e. The van der Waals surface area contributed by atoms with Gasteiger partial charge in [0.25, 0.3) is 0 Å². The van der Waals surface area contributed by atoms with Crippen LogP contribution in [-0.4, -0.2) is 43.3 Å². The van der Waals surface area contributed by atoms with Crippen LogP contribution in [0.4, 0.5) is 0 Å². The van der Waals surface area contributed by atoms with Crippen LogP contribution in [0.3, 0.4) is 0 Å². The molecule has 2 aliphatic heterocycles. The number of benzene rings is 1. The molecule has 2 heterocycles. The van der Waals surface area contributed by atoms with Gasteiger partial charge in [-0.25, -0.2) is 0 Å². The van der Waals surface area contributed by atoms with Gasteiger partial charge in [-0.05, 0) is 17.7 Å². The molecule has 20 heavy (non-hydrogen) atoms. The summed E-state index contributed by atoms with van der Waals surface area (Å²) in [5.74, 6) is 1.36. The molecule has 1 atom stereocenters. The smallest absolute Gasteiger partial charge is 0.231 e. The van der Waals surface area contributed by atoms with Crippen LogP contribution in [0.15, 0.2) is 18.2 Å². The molecule has 6 nitrogen and oxygen atoms in total. The number of piperazine rings is 1. The minimum atomic E-state index is -0.257. The molecule has 1 saturated heterocycles. The molecular weight excluding hydrogens is 258 g/mol. The molecular formula is C14H19N3O3. The predicted molar refractivity (Wildman–Crippen MR) is 73.4 cm³/mol. The van der Waals surface area contributed by atoms with Gasteiger partial charge in [-0.15, -0.1) is 0 Å². The minimum absolute atomic E-state index is 0.148. The number of nitrogens with two attached hydrogens (primary N) is 1. The van der Waals surface area contributed by atoms with E-state index >= 15 is 0 Å². The fourth-order valence-corrected chi connectivity index (χ4v) is 2.71. The summed E-state index contributed by atoms with van der Waals surface area (Å²) in [6.45, 7) is 3.81. The summed E-state index contributed by atoms with van der Waals surface area (Å²) in [6, 6.07) is 6.17. The van der Waals surface area contributed by atoms with E-state index in [9.17, 15) is 4.79 Å². The van der Waals surface area contributed by atoms with Crippen LogP contribution in [0.1, 0.15) is 12.0 Å². The number of nitrogens with one attached hydrogen (secondary N) is 1. The number of hydrogen-bond acceptors (Lipinski definition) is 5. The Morgan fingerprint density at radius 1 is 1.40 bits per heavy atom. The second-order valence-corrected chi connectivity index (χ2v) is 5.24. The summed E-state index contributed by atoms with van der Waals surface area (Å²) in [7, 11) is 0. The average Bonchev–Trinajstić information content (AvgIpc) is 2.85. The number of nitrogens with zero attached hydrogens (tertiary/aromatic N) is 1. The maximum Gasteiger partial charge on any atom is 0.231 e. The zero-order valence-electron chi connectivity index (χ0n) is 11.3. The van der Waals surface area contributed by atoms with Crippen molar-refractivity contribution < 1.29 is 14.3 Å². The number of fused-ring (bicyclic) bond motifs is 1. The van der Waals surface area contributed by atoms with Crippen LogP contribution < -0.4 is 20.5 Å². The summed E-state index contributed by atoms with van der Waals surface area (Å²) in [6.07, 6.45) is 0.387. The first-order chi connectivity index (χ1) is 9.70. The molecule has 3 N–H and O–H groups in total. The van der Waals surface area contributed by atoms with Gasteiger partial charge in [0.1, 0.15) is 0 Å². The Morgan fingerprint density at radius 3 is 3.10 bits per heavy atom. The van der Waals surface area contributed by atoms with Crippen LogP contribution in [-0.2, 0) is 11.3 Å². The third-order valence-corrected chi connectivity index (χ3v) is 3.63. The van der Waals surface area contributed by atoms with E-state index in [1.54, 1.807) is 0 Å². The highest BCUT2D eigenvalue weighted by Crippen LogP contribution is 2.32. The molecule has 0 radical (unpaired) electrons. The Morgan fingerprint density at radius 2 is 2.25 bits per heavy atom. The van der Waals surface area contributed by atoms with Gasteiger partial charge in [-0.2, -0.15) is 0 Å². The van der Waals surface area contributed by atoms with E-state index in [0.29, 0.717) is 13.2 Å². The Labute approximate surface area is 117 Å². The number of ether oxygens (including phenoxy) is 2. The zero-order chi connectivity index (χ0) is 13.9. The normalized spacial score (nSPS) is 21.9. The van der Waals surface area contributed by atoms with Gasteiger partial charge in [0.2, 0.25) is 12.7 Å². The summed E-state index contributed by atoms with van der Waals surface area (Å²) in [5, 5.41) is 3.32. The summed E-state index contributed by atoms with van der Waals surface area (Å²) in [4.78, 5) is 13.3. The van der Waals surface area contributed by atoms with Crippen LogP contribution in [0.2, 0.25) is 0 Å². The van der Waals surface area contributed by atoms with E-state index in [2.05, 4.69) is 16.3 Å². The van der Waals surface area contributed by atoms with Crippen molar-refractivity contribution in [2.24, 2.45) is 5.73 Å². The van der Waals surface area contributed by atoms with Gasteiger partial charge in [-0.1, -0.05) is 6.07 Å². The standard InChI is InChI=1S/C14H19N3O3/c15-14(18)6-11-8-17(4-3-16-11)7-10-1-2-12-13(5-10)20-9-19-12/h1-2,5,11,16H,3-4,6-9H2,(H2,15,18). The molecule has 108 valence electrons. The van der Waals surface area contributed by atoms with Gasteiger partial charge in [0.05, 0.1) is 0 Å². The van der Waals surface area contributed by atoms with Crippen LogP contribution in [0, 0.1) is 0 Å². The molecule has 1 aromatic rings. The van der Waals surface area contributed by atoms with E-state index in [4.69, 9.17) is 15.2 Å². The summed E-state index contributed by atoms with van der Waals surface area (Å²) in [5.41, 5.74) is 6.44. The van der Waals surface area contributed by atoms with E-state index in [1.807, 2.05) is 12.1 Å². The lowest BCUT2D eigenvalue weighted by Crippen LogP contribution is -2.51. The highest BCUT2D eigenvalue weighted by atomic mass is 16.7. The van der Waals surface area contributed by atoms with Gasteiger partial charge in [0.15, 0.2) is 11.5 Å². The van der Waals surface area contributed by atoms with Gasteiger partial charge >= 0.3 is 0 Å². The summed E-state index contributed by atoms with van der Waals surface area (Å²) < 4.78 is 10.7. The molecule has 1 aromatic carbocycles. The molecule has 1 unspecified atom stereocenters. The van der Waals surface area contributed by atoms with Gasteiger partial charge in [0, 0.05) is 38.6 Å². The lowest BCUT2D eigenvalue weighted by atomic mass is 10.1. The first-order valence-corrected chi connectivity index (χ1v) is 6.83. The molecule has 0 aliphatic carbocycles. The van der Waals surface area contributed by atoms with E-state index in [-0.39, 0.29) is 11.9 Å². The first-order valence-electron chi connectivity index (χ1n) is 6.83. The third kappa shape index (κ3) is 3.02. The van der Waals surface area contributed by atoms with Crippen molar-refractivity contribution >= 4 is 5.91 Å². The molecule has 0 spiro atoms. The Bertz CT molecular complexity index is 506. The number of primary amides is 1. The third-order valence-electron chi connectivity index (χ3n) is 3.63. The van der Waals surface area contributed by atoms with Crippen molar-refractivity contribution in [3.63, 3.8) is 0 Å². The van der Waals surface area contributed by atoms with E-state index in [0.717, 1.165) is 37.7 Å². The highest BCUT2D eigenvalue weighted by Gasteiger charge is 2.21. The van der Waals surface area contributed by atoms with Crippen molar-refractivity contribution in [3.8, 4) is 11.5 Å². The predicted octanol–water partition coefficient (Wildman–Crippen LogP) is 0.0645. The van der Waals surface area contributed by atoms with Crippen molar-refractivity contribution in [2.75, 3.05) is 26.4 Å². The number of carbonyl (C=O) groups excluding carboxylic acids is 1. The largest absolute Gasteiger partial charge is 0.454 e. The van der Waals surface area contributed by atoms with E-state index < -0.39 is 0 Å². The van der Waals surface area contributed by atoms with E-state index in [1.165, 1.54) is 5.56 Å². The highest BCUT2D eigenvalue weighted by molar-refractivity contribution is 5.74. The zero-order valence-corrected chi connectivity index (χ0v) is 11.3. The second kappa shape index (κ2) is 5.68. The number of hydrogen-bond donors (Lipinski definition) is 2. The van der Waals surface area contributed by atoms with Crippen molar-refractivity contribution in [1.82, 2.24) is 10.2 Å². The quantitative estimate of drug-likeness (QED) is 0.814. The molecule has 0 aromatic heterocycles. The molecule has 0 bridgehead atoms. The molecule has 6 heteroatoms. The fourth-order valence-electron chi connectivity index (χ4n) is 2.71. The Kier molecular flexibility index (Phi) is 3.75. The van der Waals surface area contributed by atoms with Crippen LogP contribution in [0.25, 0.3) is 0 Å². The maximum absolute atomic E-state index is 11.0. The summed E-state index contributed by atoms with van der Waals surface area (Å²) >= 11 is 0. The first kappa shape index (κ1) is 13.2. The van der Waals surface area contributed by atoms with Crippen LogP contribution in [0.5, 0.6) is 11.5 Å². The number of amides is 1. The van der Waals surface area contributed by atoms with Crippen LogP contribution >= 0.6 is 0 Å². The molecule has 3 rings (SSSR count). The SMILES string of the molecule is NC(=O)CC1CN(Cc2ccc3c(c2)OCO3)CCN1. The fraction of sp³-hybridized carbons (Fsp3) is 0.500. The van der Waals surface area contributed by atoms with Crippen molar-refractivity contribution in [3.05, 3.63) is 23.8 Å².